The SMILES string of the molecule is C=C1c2ccccc2C(=O)N1CCC(=O)N(CCC)c1c(N)n(Cc2ccccc2)c(=O)[nH]c1=O. The number of nitrogens with two attached hydrogens (primary N) is 1. The third kappa shape index (κ3) is 4.52. The first-order chi connectivity index (χ1) is 16.8. The number of hydrogen-bond donors (Lipinski definition) is 2. The summed E-state index contributed by atoms with van der Waals surface area (Å²) in [5.41, 5.74) is 7.48. The molecule has 0 fully saturated rings. The average molecular weight is 474 g/mol. The molecule has 0 aliphatic carbocycles. The highest BCUT2D eigenvalue weighted by atomic mass is 16.2. The molecule has 9 heteroatoms. The Morgan fingerprint density at radius 1 is 1.03 bits per heavy atom. The van der Waals surface area contributed by atoms with Gasteiger partial charge in [0.05, 0.1) is 6.54 Å². The maximum absolute atomic E-state index is 13.3. The van der Waals surface area contributed by atoms with Crippen LogP contribution in [0.25, 0.3) is 5.70 Å². The summed E-state index contributed by atoms with van der Waals surface area (Å²) < 4.78 is 1.24. The molecule has 9 nitrogen and oxygen atoms in total. The van der Waals surface area contributed by atoms with Crippen LogP contribution >= 0.6 is 0 Å². The summed E-state index contributed by atoms with van der Waals surface area (Å²) in [5.74, 6) is -0.682. The molecule has 1 aromatic heterocycles. The van der Waals surface area contributed by atoms with Crippen LogP contribution in [-0.2, 0) is 11.3 Å². The molecule has 0 saturated heterocycles. The largest absolute Gasteiger partial charge is 0.383 e. The van der Waals surface area contributed by atoms with E-state index in [-0.39, 0.29) is 49.4 Å². The van der Waals surface area contributed by atoms with Crippen molar-refractivity contribution in [3.05, 3.63) is 98.7 Å². The second-order valence-corrected chi connectivity index (χ2v) is 8.31. The molecule has 4 rings (SSSR count). The van der Waals surface area contributed by atoms with Crippen molar-refractivity contribution in [1.29, 1.82) is 0 Å². The van der Waals surface area contributed by atoms with Gasteiger partial charge in [-0.05, 0) is 18.1 Å². The number of carbonyl (C=O) groups is 2. The molecular formula is C26H27N5O4. The van der Waals surface area contributed by atoms with Crippen molar-refractivity contribution >= 4 is 29.0 Å². The molecule has 2 heterocycles. The first-order valence-corrected chi connectivity index (χ1v) is 11.4. The fraction of sp³-hybridized carbons (Fsp3) is 0.231. The Morgan fingerprint density at radius 2 is 1.69 bits per heavy atom. The van der Waals surface area contributed by atoms with Crippen LogP contribution in [0, 0.1) is 0 Å². The molecule has 1 aliphatic rings. The van der Waals surface area contributed by atoms with Crippen molar-refractivity contribution in [2.24, 2.45) is 0 Å². The Morgan fingerprint density at radius 3 is 2.34 bits per heavy atom. The molecular weight excluding hydrogens is 446 g/mol. The van der Waals surface area contributed by atoms with Gasteiger partial charge in [0.2, 0.25) is 5.91 Å². The molecule has 0 atom stereocenters. The smallest absolute Gasteiger partial charge is 0.330 e. The third-order valence-electron chi connectivity index (χ3n) is 6.00. The highest BCUT2D eigenvalue weighted by Crippen LogP contribution is 2.31. The summed E-state index contributed by atoms with van der Waals surface area (Å²) in [6.45, 7) is 6.34. The number of nitrogens with one attached hydrogen (secondary N) is 1. The average Bonchev–Trinajstić information content (AvgIpc) is 3.09. The van der Waals surface area contributed by atoms with E-state index in [0.717, 1.165) is 11.1 Å². The first kappa shape index (κ1) is 23.7. The Kier molecular flexibility index (Phi) is 6.68. The van der Waals surface area contributed by atoms with Crippen LogP contribution in [-0.4, -0.2) is 39.4 Å². The Hall–Kier alpha value is -4.40. The lowest BCUT2D eigenvalue weighted by atomic mass is 10.1. The predicted octanol–water partition coefficient (Wildman–Crippen LogP) is 2.43. The Balaban J connectivity index is 1.60. The lowest BCUT2D eigenvalue weighted by Crippen LogP contribution is -2.42. The molecule has 3 N–H and O–H groups in total. The van der Waals surface area contributed by atoms with Gasteiger partial charge < -0.3 is 15.5 Å². The number of rotatable bonds is 8. The predicted molar refractivity (Wildman–Crippen MR) is 135 cm³/mol. The molecule has 180 valence electrons. The number of benzene rings is 2. The van der Waals surface area contributed by atoms with Gasteiger partial charge >= 0.3 is 5.69 Å². The maximum atomic E-state index is 13.3. The van der Waals surface area contributed by atoms with E-state index >= 15 is 0 Å². The van der Waals surface area contributed by atoms with E-state index in [4.69, 9.17) is 5.73 Å². The number of hydrogen-bond acceptors (Lipinski definition) is 5. The molecule has 0 bridgehead atoms. The number of nitrogen functional groups attached to an aromatic ring is 1. The van der Waals surface area contributed by atoms with E-state index < -0.39 is 11.2 Å². The monoisotopic (exact) mass is 473 g/mol. The highest BCUT2D eigenvalue weighted by molar-refractivity contribution is 6.09. The molecule has 0 unspecified atom stereocenters. The van der Waals surface area contributed by atoms with Crippen LogP contribution in [0.5, 0.6) is 0 Å². The number of amides is 2. The fourth-order valence-electron chi connectivity index (χ4n) is 4.26. The zero-order valence-electron chi connectivity index (χ0n) is 19.5. The van der Waals surface area contributed by atoms with Crippen molar-refractivity contribution < 1.29 is 9.59 Å². The van der Waals surface area contributed by atoms with Gasteiger partial charge in [0, 0.05) is 36.3 Å². The van der Waals surface area contributed by atoms with E-state index in [1.54, 1.807) is 12.1 Å². The summed E-state index contributed by atoms with van der Waals surface area (Å²) in [6.07, 6.45) is 0.513. The molecule has 2 aromatic carbocycles. The summed E-state index contributed by atoms with van der Waals surface area (Å²) in [4.78, 5) is 56.4. The first-order valence-electron chi connectivity index (χ1n) is 11.4. The van der Waals surface area contributed by atoms with Gasteiger partial charge in [-0.2, -0.15) is 0 Å². The van der Waals surface area contributed by atoms with Crippen LogP contribution < -0.4 is 21.9 Å². The van der Waals surface area contributed by atoms with Gasteiger partial charge in [-0.3, -0.25) is 23.9 Å². The Bertz CT molecular complexity index is 1370. The zero-order chi connectivity index (χ0) is 25.1. The number of fused-ring (bicyclic) bond motifs is 1. The summed E-state index contributed by atoms with van der Waals surface area (Å²) in [7, 11) is 0. The van der Waals surface area contributed by atoms with Gasteiger partial charge in [0.15, 0.2) is 5.69 Å². The number of nitrogens with zero attached hydrogens (tertiary/aromatic N) is 3. The van der Waals surface area contributed by atoms with Crippen molar-refractivity contribution in [3.8, 4) is 0 Å². The molecule has 0 spiro atoms. The van der Waals surface area contributed by atoms with E-state index in [1.807, 2.05) is 49.4 Å². The second kappa shape index (κ2) is 9.84. The highest BCUT2D eigenvalue weighted by Gasteiger charge is 2.32. The van der Waals surface area contributed by atoms with Crippen molar-refractivity contribution in [2.75, 3.05) is 23.7 Å². The van der Waals surface area contributed by atoms with E-state index in [1.165, 1.54) is 14.4 Å². The number of H-pyrrole nitrogens is 1. The fourth-order valence-corrected chi connectivity index (χ4v) is 4.26. The lowest BCUT2D eigenvalue weighted by molar-refractivity contribution is -0.118. The molecule has 0 radical (unpaired) electrons. The quantitative estimate of drug-likeness (QED) is 0.520. The van der Waals surface area contributed by atoms with E-state index in [0.29, 0.717) is 17.7 Å². The van der Waals surface area contributed by atoms with E-state index in [2.05, 4.69) is 11.6 Å². The lowest BCUT2D eigenvalue weighted by Gasteiger charge is -2.25. The summed E-state index contributed by atoms with van der Waals surface area (Å²) in [5, 5.41) is 0. The van der Waals surface area contributed by atoms with Gasteiger partial charge in [0.1, 0.15) is 5.82 Å². The number of carbonyl (C=O) groups excluding carboxylic acids is 2. The summed E-state index contributed by atoms with van der Waals surface area (Å²) >= 11 is 0. The topological polar surface area (TPSA) is 121 Å². The van der Waals surface area contributed by atoms with Crippen molar-refractivity contribution in [1.82, 2.24) is 14.5 Å². The third-order valence-corrected chi connectivity index (χ3v) is 6.00. The maximum Gasteiger partial charge on any atom is 0.330 e. The van der Waals surface area contributed by atoms with Crippen molar-refractivity contribution in [3.63, 3.8) is 0 Å². The van der Waals surface area contributed by atoms with Crippen LogP contribution in [0.4, 0.5) is 11.5 Å². The molecule has 1 aliphatic heterocycles. The normalized spacial score (nSPS) is 12.7. The van der Waals surface area contributed by atoms with Gasteiger partial charge in [0.25, 0.3) is 11.5 Å². The second-order valence-electron chi connectivity index (χ2n) is 8.31. The molecule has 3 aromatic rings. The molecule has 0 saturated carbocycles. The van der Waals surface area contributed by atoms with Gasteiger partial charge in [-0.15, -0.1) is 0 Å². The number of anilines is 2. The number of aromatic amines is 1. The summed E-state index contributed by atoms with van der Waals surface area (Å²) in [6, 6.07) is 16.3. The minimum absolute atomic E-state index is 0.0462. The molecule has 2 amide bonds. The van der Waals surface area contributed by atoms with Crippen LogP contribution in [0.15, 0.2) is 70.8 Å². The molecule has 35 heavy (non-hydrogen) atoms. The van der Waals surface area contributed by atoms with Crippen LogP contribution in [0.2, 0.25) is 0 Å². The van der Waals surface area contributed by atoms with Crippen LogP contribution in [0.3, 0.4) is 0 Å². The van der Waals surface area contributed by atoms with Gasteiger partial charge in [-0.25, -0.2) is 4.79 Å². The minimum Gasteiger partial charge on any atom is -0.383 e. The standard InChI is InChI=1S/C26H27N5O4/c1-3-14-30(21(32)13-15-29-17(2)19-11-7-8-12-20(19)25(29)34)22-23(27)31(26(35)28-24(22)33)16-18-9-5-4-6-10-18/h4-12H,2-3,13-16,27H2,1H3,(H,28,33,35). The minimum atomic E-state index is -0.729. The van der Waals surface area contributed by atoms with E-state index in [9.17, 15) is 19.2 Å². The zero-order valence-corrected chi connectivity index (χ0v) is 19.5. The number of aromatic nitrogens is 2. The van der Waals surface area contributed by atoms with Crippen molar-refractivity contribution in [2.45, 2.75) is 26.3 Å². The van der Waals surface area contributed by atoms with Gasteiger partial charge in [-0.1, -0.05) is 62.0 Å². The Labute approximate surface area is 202 Å². The van der Waals surface area contributed by atoms with Crippen LogP contribution in [0.1, 0.15) is 41.3 Å².